The van der Waals surface area contributed by atoms with E-state index in [0.29, 0.717) is 12.4 Å². The molecule has 0 aliphatic heterocycles. The molecule has 17 heavy (non-hydrogen) atoms. The van der Waals surface area contributed by atoms with Crippen LogP contribution in [0.4, 0.5) is 0 Å². The molecule has 1 aromatic carbocycles. The SMILES string of the molecule is CCOC(=O)COc1ccccc1C#CCI. The molecule has 0 atom stereocenters. The van der Waals surface area contributed by atoms with Crippen LogP contribution >= 0.6 is 22.6 Å². The molecule has 0 aliphatic rings. The van der Waals surface area contributed by atoms with Crippen LogP contribution in [0.25, 0.3) is 0 Å². The van der Waals surface area contributed by atoms with Gasteiger partial charge in [-0.05, 0) is 19.1 Å². The summed E-state index contributed by atoms with van der Waals surface area (Å²) < 4.78 is 10.9. The summed E-state index contributed by atoms with van der Waals surface area (Å²) in [7, 11) is 0. The highest BCUT2D eigenvalue weighted by atomic mass is 127. The molecule has 0 radical (unpaired) electrons. The number of para-hydroxylation sites is 1. The van der Waals surface area contributed by atoms with Crippen molar-refractivity contribution >= 4 is 28.6 Å². The molecule has 0 N–H and O–H groups in total. The summed E-state index contributed by atoms with van der Waals surface area (Å²) in [6.07, 6.45) is 0. The summed E-state index contributed by atoms with van der Waals surface area (Å²) in [5.74, 6) is 6.18. The van der Waals surface area contributed by atoms with Crippen LogP contribution in [0.1, 0.15) is 12.5 Å². The number of rotatable bonds is 4. The average molecular weight is 344 g/mol. The normalized spacial score (nSPS) is 9.06. The third kappa shape index (κ3) is 5.09. The summed E-state index contributed by atoms with van der Waals surface area (Å²) in [4.78, 5) is 11.2. The molecular formula is C13H13IO3. The number of carbonyl (C=O) groups excluding carboxylic acids is 1. The molecule has 0 saturated carbocycles. The Kier molecular flexibility index (Phi) is 6.48. The Bertz CT molecular complexity index is 432. The van der Waals surface area contributed by atoms with E-state index >= 15 is 0 Å². The van der Waals surface area contributed by atoms with Crippen molar-refractivity contribution in [3.05, 3.63) is 29.8 Å². The Morgan fingerprint density at radius 3 is 2.88 bits per heavy atom. The molecular weight excluding hydrogens is 331 g/mol. The highest BCUT2D eigenvalue weighted by Gasteiger charge is 2.05. The second kappa shape index (κ2) is 7.96. The highest BCUT2D eigenvalue weighted by molar-refractivity contribution is 14.1. The van der Waals surface area contributed by atoms with E-state index in [9.17, 15) is 4.79 Å². The van der Waals surface area contributed by atoms with Gasteiger partial charge in [0, 0.05) is 0 Å². The lowest BCUT2D eigenvalue weighted by molar-refractivity contribution is -0.145. The maximum absolute atomic E-state index is 11.2. The molecule has 0 aliphatic carbocycles. The van der Waals surface area contributed by atoms with Gasteiger partial charge in [0.15, 0.2) is 6.61 Å². The fourth-order valence-corrected chi connectivity index (χ4v) is 1.35. The number of alkyl halides is 1. The highest BCUT2D eigenvalue weighted by Crippen LogP contribution is 2.16. The average Bonchev–Trinajstić information content (AvgIpc) is 2.35. The Labute approximate surface area is 115 Å². The van der Waals surface area contributed by atoms with Gasteiger partial charge in [0.1, 0.15) is 5.75 Å². The molecule has 1 rings (SSSR count). The molecule has 1 aromatic rings. The molecule has 0 amide bonds. The zero-order valence-corrected chi connectivity index (χ0v) is 11.7. The predicted octanol–water partition coefficient (Wildman–Crippen LogP) is 2.42. The van der Waals surface area contributed by atoms with Gasteiger partial charge in [-0.3, -0.25) is 0 Å². The first-order valence-corrected chi connectivity index (χ1v) is 6.72. The van der Waals surface area contributed by atoms with Crippen molar-refractivity contribution in [1.29, 1.82) is 0 Å². The minimum atomic E-state index is -0.371. The second-order valence-corrected chi connectivity index (χ2v) is 3.79. The number of hydrogen-bond acceptors (Lipinski definition) is 3. The minimum Gasteiger partial charge on any atom is -0.481 e. The fraction of sp³-hybridized carbons (Fsp3) is 0.308. The van der Waals surface area contributed by atoms with Crippen LogP contribution in [0, 0.1) is 11.8 Å². The zero-order valence-electron chi connectivity index (χ0n) is 9.53. The summed E-state index contributed by atoms with van der Waals surface area (Å²) in [6.45, 7) is 2.03. The quantitative estimate of drug-likeness (QED) is 0.364. The first-order valence-electron chi connectivity index (χ1n) is 5.20. The lowest BCUT2D eigenvalue weighted by Crippen LogP contribution is -2.14. The first-order chi connectivity index (χ1) is 8.27. The third-order valence-electron chi connectivity index (χ3n) is 1.83. The summed E-state index contributed by atoms with van der Waals surface area (Å²) in [6, 6.07) is 7.38. The Morgan fingerprint density at radius 1 is 1.41 bits per heavy atom. The van der Waals surface area contributed by atoms with Crippen LogP contribution in [0.3, 0.4) is 0 Å². The number of halogens is 1. The first kappa shape index (κ1) is 13.8. The van der Waals surface area contributed by atoms with E-state index in [1.54, 1.807) is 13.0 Å². The van der Waals surface area contributed by atoms with E-state index < -0.39 is 0 Å². The zero-order chi connectivity index (χ0) is 12.5. The largest absolute Gasteiger partial charge is 0.481 e. The maximum atomic E-state index is 11.2. The Hall–Kier alpha value is -1.22. The molecule has 0 bridgehead atoms. The van der Waals surface area contributed by atoms with Gasteiger partial charge < -0.3 is 9.47 Å². The van der Waals surface area contributed by atoms with Crippen LogP contribution < -0.4 is 4.74 Å². The number of esters is 1. The monoisotopic (exact) mass is 344 g/mol. The van der Waals surface area contributed by atoms with Crippen molar-refractivity contribution in [3.63, 3.8) is 0 Å². The van der Waals surface area contributed by atoms with Gasteiger partial charge in [-0.2, -0.15) is 0 Å². The van der Waals surface area contributed by atoms with Gasteiger partial charge in [-0.25, -0.2) is 4.79 Å². The van der Waals surface area contributed by atoms with Crippen LogP contribution in [0.5, 0.6) is 5.75 Å². The maximum Gasteiger partial charge on any atom is 0.344 e. The number of hydrogen-bond donors (Lipinski definition) is 0. The van der Waals surface area contributed by atoms with Crippen LogP contribution in [-0.4, -0.2) is 23.6 Å². The Morgan fingerprint density at radius 2 is 2.18 bits per heavy atom. The van der Waals surface area contributed by atoms with Crippen molar-refractivity contribution in [2.45, 2.75) is 6.92 Å². The summed E-state index contributed by atoms with van der Waals surface area (Å²) >= 11 is 2.18. The molecule has 0 aromatic heterocycles. The number of benzene rings is 1. The predicted molar refractivity (Wildman–Crippen MR) is 74.3 cm³/mol. The third-order valence-corrected chi connectivity index (χ3v) is 2.21. The van der Waals surface area contributed by atoms with Crippen molar-refractivity contribution in [2.24, 2.45) is 0 Å². The Balaban J connectivity index is 2.67. The van der Waals surface area contributed by atoms with E-state index in [1.165, 1.54) is 0 Å². The molecule has 0 saturated heterocycles. The standard InChI is InChI=1S/C13H13IO3/c1-2-16-13(15)10-17-12-8-4-3-6-11(12)7-5-9-14/h3-4,6,8H,2,9-10H2,1H3. The lowest BCUT2D eigenvalue weighted by Gasteiger charge is -2.07. The van der Waals surface area contributed by atoms with Gasteiger partial charge in [0.2, 0.25) is 0 Å². The summed E-state index contributed by atoms with van der Waals surface area (Å²) in [5.41, 5.74) is 0.786. The number of ether oxygens (including phenoxy) is 2. The smallest absolute Gasteiger partial charge is 0.344 e. The minimum absolute atomic E-state index is 0.0865. The molecule has 3 nitrogen and oxygen atoms in total. The summed E-state index contributed by atoms with van der Waals surface area (Å²) in [5, 5.41) is 0. The van der Waals surface area contributed by atoms with Gasteiger partial charge in [0.25, 0.3) is 0 Å². The van der Waals surface area contributed by atoms with Crippen LogP contribution in [0.2, 0.25) is 0 Å². The fourth-order valence-electron chi connectivity index (χ4n) is 1.16. The molecule has 0 fully saturated rings. The molecule has 0 unspecified atom stereocenters. The molecule has 0 heterocycles. The van der Waals surface area contributed by atoms with E-state index in [0.717, 1.165) is 9.99 Å². The van der Waals surface area contributed by atoms with E-state index in [-0.39, 0.29) is 12.6 Å². The lowest BCUT2D eigenvalue weighted by atomic mass is 10.2. The van der Waals surface area contributed by atoms with Crippen molar-refractivity contribution in [1.82, 2.24) is 0 Å². The topological polar surface area (TPSA) is 35.5 Å². The van der Waals surface area contributed by atoms with Gasteiger partial charge in [-0.1, -0.05) is 46.6 Å². The van der Waals surface area contributed by atoms with Crippen LogP contribution in [0.15, 0.2) is 24.3 Å². The van der Waals surface area contributed by atoms with E-state index in [1.807, 2.05) is 18.2 Å². The van der Waals surface area contributed by atoms with Crippen LogP contribution in [-0.2, 0) is 9.53 Å². The molecule has 0 spiro atoms. The van der Waals surface area contributed by atoms with Crippen molar-refractivity contribution in [2.75, 3.05) is 17.6 Å². The van der Waals surface area contributed by atoms with Gasteiger partial charge in [-0.15, -0.1) is 0 Å². The van der Waals surface area contributed by atoms with E-state index in [2.05, 4.69) is 34.4 Å². The van der Waals surface area contributed by atoms with Crippen molar-refractivity contribution < 1.29 is 14.3 Å². The van der Waals surface area contributed by atoms with Crippen molar-refractivity contribution in [3.8, 4) is 17.6 Å². The molecule has 90 valence electrons. The number of carbonyl (C=O) groups is 1. The van der Waals surface area contributed by atoms with Gasteiger partial charge in [0.05, 0.1) is 16.6 Å². The van der Waals surface area contributed by atoms with Gasteiger partial charge >= 0.3 is 5.97 Å². The van der Waals surface area contributed by atoms with E-state index in [4.69, 9.17) is 9.47 Å². The second-order valence-electron chi connectivity index (χ2n) is 3.03. The molecule has 4 heteroatoms.